The van der Waals surface area contributed by atoms with E-state index in [1.54, 1.807) is 0 Å². The molecule has 3 nitrogen and oxygen atoms in total. The number of carbonyl (C=O) groups is 1. The van der Waals surface area contributed by atoms with E-state index in [0.717, 1.165) is 18.9 Å². The molecule has 0 heterocycles. The monoisotopic (exact) mass is 309 g/mol. The maximum absolute atomic E-state index is 13.9. The molecule has 1 aliphatic carbocycles. The van der Waals surface area contributed by atoms with Gasteiger partial charge in [-0.2, -0.15) is 0 Å². The van der Waals surface area contributed by atoms with Crippen molar-refractivity contribution in [2.75, 3.05) is 6.61 Å². The van der Waals surface area contributed by atoms with Crippen LogP contribution in [0.25, 0.3) is 0 Å². The minimum atomic E-state index is -0.695. The Labute approximate surface area is 128 Å². The fourth-order valence-corrected chi connectivity index (χ4v) is 2.55. The molecule has 0 aromatic heterocycles. The minimum Gasteiger partial charge on any atom is -0.476 e. The molecule has 1 aromatic carbocycles. The van der Waals surface area contributed by atoms with Crippen LogP contribution >= 0.6 is 11.6 Å². The predicted molar refractivity (Wildman–Crippen MR) is 80.0 cm³/mol. The van der Waals surface area contributed by atoms with Gasteiger partial charge in [-0.1, -0.05) is 23.9 Å². The average molecular weight is 310 g/mol. The van der Waals surface area contributed by atoms with Gasteiger partial charge in [-0.15, -0.1) is 6.42 Å². The maximum Gasteiger partial charge on any atom is 0.251 e. The number of hydrogen-bond acceptors (Lipinski definition) is 2. The molecule has 0 bridgehead atoms. The van der Waals surface area contributed by atoms with Crippen LogP contribution in [0.3, 0.4) is 0 Å². The van der Waals surface area contributed by atoms with Crippen molar-refractivity contribution in [3.8, 4) is 18.1 Å². The molecule has 2 rings (SSSR count). The normalized spacial score (nSPS) is 15.7. The van der Waals surface area contributed by atoms with E-state index in [4.69, 9.17) is 22.8 Å². The van der Waals surface area contributed by atoms with E-state index >= 15 is 0 Å². The van der Waals surface area contributed by atoms with Crippen LogP contribution in [0.4, 0.5) is 4.39 Å². The standard InChI is InChI=1S/C16H17ClFNO2/c1-3-7-21-15-13(17)8-12(9-14(15)18)16(20)19-10(2)11-5-4-6-11/h1,8-11H,4-7H2,2H3,(H,19,20). The van der Waals surface area contributed by atoms with Crippen molar-refractivity contribution in [1.29, 1.82) is 0 Å². The summed E-state index contributed by atoms with van der Waals surface area (Å²) in [6.07, 6.45) is 8.49. The van der Waals surface area contributed by atoms with Gasteiger partial charge in [-0.3, -0.25) is 4.79 Å². The van der Waals surface area contributed by atoms with E-state index in [1.165, 1.54) is 12.5 Å². The molecule has 1 fully saturated rings. The zero-order valence-electron chi connectivity index (χ0n) is 11.8. The van der Waals surface area contributed by atoms with Crippen LogP contribution in [0, 0.1) is 24.1 Å². The second-order valence-electron chi connectivity index (χ2n) is 5.21. The summed E-state index contributed by atoms with van der Waals surface area (Å²) in [7, 11) is 0. The molecule has 5 heteroatoms. The summed E-state index contributed by atoms with van der Waals surface area (Å²) in [6.45, 7) is 1.88. The summed E-state index contributed by atoms with van der Waals surface area (Å²) < 4.78 is 18.9. The van der Waals surface area contributed by atoms with Crippen molar-refractivity contribution in [3.05, 3.63) is 28.5 Å². The van der Waals surface area contributed by atoms with Crippen LogP contribution in [-0.2, 0) is 0 Å². The maximum atomic E-state index is 13.9. The fraction of sp³-hybridized carbons (Fsp3) is 0.438. The van der Waals surface area contributed by atoms with Gasteiger partial charge < -0.3 is 10.1 Å². The van der Waals surface area contributed by atoms with Crippen LogP contribution in [-0.4, -0.2) is 18.6 Å². The summed E-state index contributed by atoms with van der Waals surface area (Å²) in [4.78, 5) is 12.1. The van der Waals surface area contributed by atoms with Crippen LogP contribution < -0.4 is 10.1 Å². The van der Waals surface area contributed by atoms with Gasteiger partial charge in [0.2, 0.25) is 0 Å². The van der Waals surface area contributed by atoms with E-state index in [0.29, 0.717) is 5.92 Å². The number of halogens is 2. The van der Waals surface area contributed by atoms with Crippen LogP contribution in [0.5, 0.6) is 5.75 Å². The highest BCUT2D eigenvalue weighted by molar-refractivity contribution is 6.32. The first-order valence-corrected chi connectivity index (χ1v) is 7.27. The van der Waals surface area contributed by atoms with Gasteiger partial charge in [0.15, 0.2) is 11.6 Å². The SMILES string of the molecule is C#CCOc1c(F)cc(C(=O)NC(C)C2CCC2)cc1Cl. The van der Waals surface area contributed by atoms with E-state index in [9.17, 15) is 9.18 Å². The topological polar surface area (TPSA) is 38.3 Å². The van der Waals surface area contributed by atoms with E-state index in [2.05, 4.69) is 11.2 Å². The summed E-state index contributed by atoms with van der Waals surface area (Å²) in [5, 5.41) is 2.91. The minimum absolute atomic E-state index is 0.0340. The van der Waals surface area contributed by atoms with E-state index in [1.807, 2.05) is 6.92 Å². The van der Waals surface area contributed by atoms with Crippen LogP contribution in [0.15, 0.2) is 12.1 Å². The Kier molecular flexibility index (Phi) is 5.08. The number of rotatable bonds is 5. The molecule has 1 saturated carbocycles. The number of amides is 1. The Morgan fingerprint density at radius 1 is 1.62 bits per heavy atom. The summed E-state index contributed by atoms with van der Waals surface area (Å²) >= 11 is 5.94. The number of ether oxygens (including phenoxy) is 1. The fourth-order valence-electron chi connectivity index (χ4n) is 2.29. The molecule has 0 saturated heterocycles. The van der Waals surface area contributed by atoms with Crippen LogP contribution in [0.1, 0.15) is 36.5 Å². The summed E-state index contributed by atoms with van der Waals surface area (Å²) in [5.74, 6) is 1.58. The van der Waals surface area contributed by atoms with Gasteiger partial charge >= 0.3 is 0 Å². The first-order valence-electron chi connectivity index (χ1n) is 6.89. The zero-order valence-corrected chi connectivity index (χ0v) is 12.5. The Balaban J connectivity index is 2.09. The first kappa shape index (κ1) is 15.7. The third-order valence-electron chi connectivity index (χ3n) is 3.78. The molecule has 112 valence electrons. The highest BCUT2D eigenvalue weighted by Gasteiger charge is 2.25. The molecule has 0 spiro atoms. The van der Waals surface area contributed by atoms with Crippen molar-refractivity contribution in [2.24, 2.45) is 5.92 Å². The Bertz CT molecular complexity index is 555. The lowest BCUT2D eigenvalue weighted by Gasteiger charge is -2.31. The number of hydrogen-bond donors (Lipinski definition) is 1. The number of terminal acetylenes is 1. The quantitative estimate of drug-likeness (QED) is 0.847. The third kappa shape index (κ3) is 3.68. The zero-order chi connectivity index (χ0) is 15.4. The Morgan fingerprint density at radius 2 is 2.33 bits per heavy atom. The predicted octanol–water partition coefficient (Wildman–Crippen LogP) is 3.41. The summed E-state index contributed by atoms with van der Waals surface area (Å²) in [5.41, 5.74) is 0.178. The van der Waals surface area contributed by atoms with E-state index < -0.39 is 5.82 Å². The highest BCUT2D eigenvalue weighted by atomic mass is 35.5. The van der Waals surface area contributed by atoms with Gasteiger partial charge in [-0.25, -0.2) is 4.39 Å². The molecule has 1 atom stereocenters. The van der Waals surface area contributed by atoms with Crippen LogP contribution in [0.2, 0.25) is 5.02 Å². The molecule has 1 aliphatic rings. The molecular formula is C16H17ClFNO2. The molecule has 1 unspecified atom stereocenters. The lowest BCUT2D eigenvalue weighted by atomic mass is 9.80. The Hall–Kier alpha value is -1.73. The van der Waals surface area contributed by atoms with Crippen molar-refractivity contribution in [2.45, 2.75) is 32.2 Å². The summed E-state index contributed by atoms with van der Waals surface area (Å²) in [6, 6.07) is 2.57. The third-order valence-corrected chi connectivity index (χ3v) is 4.06. The molecule has 1 N–H and O–H groups in total. The second-order valence-corrected chi connectivity index (χ2v) is 5.62. The van der Waals surface area contributed by atoms with E-state index in [-0.39, 0.29) is 34.9 Å². The smallest absolute Gasteiger partial charge is 0.251 e. The van der Waals surface area contributed by atoms with Gasteiger partial charge in [0.1, 0.15) is 6.61 Å². The van der Waals surface area contributed by atoms with Gasteiger partial charge in [0.25, 0.3) is 5.91 Å². The van der Waals surface area contributed by atoms with Crippen molar-refractivity contribution in [1.82, 2.24) is 5.32 Å². The number of nitrogens with one attached hydrogen (secondary N) is 1. The molecule has 0 radical (unpaired) electrons. The molecule has 1 amide bonds. The first-order chi connectivity index (χ1) is 10.0. The van der Waals surface area contributed by atoms with Gasteiger partial charge in [0.05, 0.1) is 5.02 Å². The largest absolute Gasteiger partial charge is 0.476 e. The molecule has 0 aliphatic heterocycles. The number of benzene rings is 1. The van der Waals surface area contributed by atoms with Crippen molar-refractivity contribution in [3.63, 3.8) is 0 Å². The highest BCUT2D eigenvalue weighted by Crippen LogP contribution is 2.31. The number of carbonyl (C=O) groups excluding carboxylic acids is 1. The van der Waals surface area contributed by atoms with Crippen molar-refractivity contribution >= 4 is 17.5 Å². The molecule has 21 heavy (non-hydrogen) atoms. The lowest BCUT2D eigenvalue weighted by molar-refractivity contribution is 0.0908. The second kappa shape index (κ2) is 6.82. The van der Waals surface area contributed by atoms with Gasteiger partial charge in [-0.05, 0) is 37.8 Å². The molecular weight excluding hydrogens is 293 g/mol. The lowest BCUT2D eigenvalue weighted by Crippen LogP contribution is -2.40. The Morgan fingerprint density at radius 3 is 2.86 bits per heavy atom. The molecule has 1 aromatic rings. The van der Waals surface area contributed by atoms with Gasteiger partial charge in [0, 0.05) is 11.6 Å². The van der Waals surface area contributed by atoms with Crippen molar-refractivity contribution < 1.29 is 13.9 Å². The average Bonchev–Trinajstić information content (AvgIpc) is 2.35.